The molecule has 0 aliphatic heterocycles. The number of anilines is 2. The molecule has 0 spiro atoms. The molecule has 0 heterocycles. The lowest BCUT2D eigenvalue weighted by atomic mass is 10.1. The fourth-order valence-corrected chi connectivity index (χ4v) is 2.36. The third kappa shape index (κ3) is 8.41. The number of carboxylic acid groups (broad SMARTS) is 1. The first-order chi connectivity index (χ1) is 11.5. The highest BCUT2D eigenvalue weighted by atomic mass is 35.5. The molecule has 0 radical (unpaired) electrons. The molecule has 0 unspecified atom stereocenters. The molecular formula is C17H26Cl2N2O3. The molecule has 24 heavy (non-hydrogen) atoms. The summed E-state index contributed by atoms with van der Waals surface area (Å²) in [5, 5.41) is 11.4. The number of carbonyl (C=O) groups is 2. The van der Waals surface area contributed by atoms with Gasteiger partial charge in [-0.05, 0) is 24.6 Å². The van der Waals surface area contributed by atoms with E-state index in [4.69, 9.17) is 28.3 Å². The van der Waals surface area contributed by atoms with Gasteiger partial charge in [0.2, 0.25) is 5.91 Å². The van der Waals surface area contributed by atoms with Gasteiger partial charge >= 0.3 is 5.97 Å². The van der Waals surface area contributed by atoms with Crippen LogP contribution in [0.2, 0.25) is 0 Å². The van der Waals surface area contributed by atoms with E-state index in [2.05, 4.69) is 5.32 Å². The van der Waals surface area contributed by atoms with Gasteiger partial charge in [-0.2, -0.15) is 0 Å². The Labute approximate surface area is 153 Å². The molecule has 2 N–H and O–H groups in total. The van der Waals surface area contributed by atoms with Crippen molar-refractivity contribution in [2.24, 2.45) is 0 Å². The van der Waals surface area contributed by atoms with Crippen molar-refractivity contribution in [3.63, 3.8) is 0 Å². The third-order valence-corrected chi connectivity index (χ3v) is 3.47. The van der Waals surface area contributed by atoms with E-state index in [9.17, 15) is 9.59 Å². The van der Waals surface area contributed by atoms with E-state index in [0.717, 1.165) is 11.3 Å². The van der Waals surface area contributed by atoms with Crippen LogP contribution in [0.4, 0.5) is 11.4 Å². The fourth-order valence-electron chi connectivity index (χ4n) is 1.95. The number of aliphatic carboxylic acids is 1. The molecule has 0 saturated heterocycles. The van der Waals surface area contributed by atoms with Crippen LogP contribution in [0.3, 0.4) is 0 Å². The van der Waals surface area contributed by atoms with Crippen molar-refractivity contribution in [3.8, 4) is 0 Å². The number of aryl methyl sites for hydroxylation is 1. The van der Waals surface area contributed by atoms with Gasteiger partial charge in [-0.3, -0.25) is 9.59 Å². The predicted octanol–water partition coefficient (Wildman–Crippen LogP) is 4.11. The molecule has 1 aromatic carbocycles. The zero-order chi connectivity index (χ0) is 18.5. The van der Waals surface area contributed by atoms with Crippen molar-refractivity contribution >= 4 is 46.5 Å². The van der Waals surface area contributed by atoms with E-state index in [1.807, 2.05) is 43.9 Å². The summed E-state index contributed by atoms with van der Waals surface area (Å²) in [6.07, 6.45) is -0.235. The summed E-state index contributed by atoms with van der Waals surface area (Å²) in [5.74, 6) is -0.351. The molecule has 0 aliphatic carbocycles. The number of halogens is 2. The van der Waals surface area contributed by atoms with Gasteiger partial charge < -0.3 is 15.3 Å². The lowest BCUT2D eigenvalue weighted by molar-refractivity contribution is -0.138. The van der Waals surface area contributed by atoms with Gasteiger partial charge in [-0.25, -0.2) is 0 Å². The molecule has 0 saturated carbocycles. The molecule has 1 rings (SSSR count). The average molecular weight is 377 g/mol. The summed E-state index contributed by atoms with van der Waals surface area (Å²) < 4.78 is 0. The minimum atomic E-state index is -0.990. The standard InChI is InChI=1S/C15H20Cl2N2O3.C2H6/c1-11-2-3-12(19(8-6-16)9-7-17)10-13(11)18-14(20)4-5-15(21)22;1-2/h2-3,10H,4-9H2,1H3,(H,18,20)(H,21,22);1-2H3. The minimum Gasteiger partial charge on any atom is -0.481 e. The van der Waals surface area contributed by atoms with E-state index in [1.54, 1.807) is 0 Å². The maximum absolute atomic E-state index is 11.8. The van der Waals surface area contributed by atoms with E-state index in [1.165, 1.54) is 0 Å². The van der Waals surface area contributed by atoms with E-state index in [0.29, 0.717) is 30.5 Å². The van der Waals surface area contributed by atoms with Crippen molar-refractivity contribution in [2.75, 3.05) is 35.1 Å². The average Bonchev–Trinajstić information content (AvgIpc) is 2.57. The Morgan fingerprint density at radius 2 is 1.71 bits per heavy atom. The molecule has 7 heteroatoms. The van der Waals surface area contributed by atoms with Crippen LogP contribution in [-0.4, -0.2) is 41.8 Å². The number of nitrogens with zero attached hydrogens (tertiary/aromatic N) is 1. The third-order valence-electron chi connectivity index (χ3n) is 3.14. The first kappa shape index (κ1) is 22.5. The van der Waals surface area contributed by atoms with E-state index in [-0.39, 0.29) is 18.7 Å². The van der Waals surface area contributed by atoms with Crippen molar-refractivity contribution in [1.82, 2.24) is 0 Å². The lowest BCUT2D eigenvalue weighted by Gasteiger charge is -2.24. The number of carboxylic acids is 1. The van der Waals surface area contributed by atoms with Crippen molar-refractivity contribution in [2.45, 2.75) is 33.6 Å². The van der Waals surface area contributed by atoms with Crippen LogP contribution in [0.1, 0.15) is 32.3 Å². The monoisotopic (exact) mass is 376 g/mol. The Morgan fingerprint density at radius 3 is 2.21 bits per heavy atom. The van der Waals surface area contributed by atoms with Crippen LogP contribution in [0.15, 0.2) is 18.2 Å². The second-order valence-electron chi connectivity index (χ2n) is 4.81. The Bertz CT molecular complexity index is 519. The van der Waals surface area contributed by atoms with Gasteiger partial charge in [0, 0.05) is 42.6 Å². The molecule has 136 valence electrons. The Kier molecular flexibility index (Phi) is 12.1. The van der Waals surface area contributed by atoms with Gasteiger partial charge in [0.25, 0.3) is 0 Å². The zero-order valence-electron chi connectivity index (χ0n) is 14.4. The van der Waals surface area contributed by atoms with Crippen LogP contribution in [-0.2, 0) is 9.59 Å². The van der Waals surface area contributed by atoms with Crippen LogP contribution in [0.25, 0.3) is 0 Å². The largest absolute Gasteiger partial charge is 0.481 e. The molecule has 0 aromatic heterocycles. The molecule has 0 atom stereocenters. The summed E-state index contributed by atoms with van der Waals surface area (Å²) in [7, 11) is 0. The molecule has 1 amide bonds. The minimum absolute atomic E-state index is 0.0495. The summed E-state index contributed by atoms with van der Waals surface area (Å²) in [6, 6.07) is 5.70. The van der Waals surface area contributed by atoms with Gasteiger partial charge in [0.1, 0.15) is 0 Å². The van der Waals surface area contributed by atoms with Gasteiger partial charge in [0.05, 0.1) is 6.42 Å². The van der Waals surface area contributed by atoms with Crippen molar-refractivity contribution in [3.05, 3.63) is 23.8 Å². The molecule has 0 bridgehead atoms. The molecule has 5 nitrogen and oxygen atoms in total. The van der Waals surface area contributed by atoms with Crippen LogP contribution in [0, 0.1) is 6.92 Å². The fraction of sp³-hybridized carbons (Fsp3) is 0.529. The second-order valence-corrected chi connectivity index (χ2v) is 5.56. The summed E-state index contributed by atoms with van der Waals surface area (Å²) >= 11 is 11.6. The Morgan fingerprint density at radius 1 is 1.12 bits per heavy atom. The zero-order valence-corrected chi connectivity index (χ0v) is 16.0. The number of benzene rings is 1. The lowest BCUT2D eigenvalue weighted by Crippen LogP contribution is -2.27. The van der Waals surface area contributed by atoms with Crippen LogP contribution >= 0.6 is 23.2 Å². The highest BCUT2D eigenvalue weighted by Crippen LogP contribution is 2.24. The van der Waals surface area contributed by atoms with Gasteiger partial charge in [0.15, 0.2) is 0 Å². The normalized spacial score (nSPS) is 9.71. The molecule has 0 fully saturated rings. The topological polar surface area (TPSA) is 69.6 Å². The number of amides is 1. The summed E-state index contributed by atoms with van der Waals surface area (Å²) in [4.78, 5) is 24.3. The van der Waals surface area contributed by atoms with Crippen LogP contribution < -0.4 is 10.2 Å². The van der Waals surface area contributed by atoms with Crippen molar-refractivity contribution in [1.29, 1.82) is 0 Å². The number of hydrogen-bond acceptors (Lipinski definition) is 3. The molecule has 0 aliphatic rings. The van der Waals surface area contributed by atoms with Gasteiger partial charge in [-0.1, -0.05) is 19.9 Å². The molecule has 1 aromatic rings. The predicted molar refractivity (Wildman–Crippen MR) is 102 cm³/mol. The van der Waals surface area contributed by atoms with Crippen LogP contribution in [0.5, 0.6) is 0 Å². The summed E-state index contributed by atoms with van der Waals surface area (Å²) in [6.45, 7) is 7.19. The Hall–Kier alpha value is -1.46. The van der Waals surface area contributed by atoms with E-state index < -0.39 is 5.97 Å². The first-order valence-electron chi connectivity index (χ1n) is 7.97. The summed E-state index contributed by atoms with van der Waals surface area (Å²) in [5.41, 5.74) is 2.49. The smallest absolute Gasteiger partial charge is 0.303 e. The number of rotatable bonds is 9. The van der Waals surface area contributed by atoms with Gasteiger partial charge in [-0.15, -0.1) is 23.2 Å². The second kappa shape index (κ2) is 12.9. The van der Waals surface area contributed by atoms with E-state index >= 15 is 0 Å². The maximum Gasteiger partial charge on any atom is 0.303 e. The molecular weight excluding hydrogens is 351 g/mol. The Balaban J connectivity index is 0.00000254. The highest BCUT2D eigenvalue weighted by molar-refractivity contribution is 6.18. The number of nitrogens with one attached hydrogen (secondary N) is 1. The quantitative estimate of drug-likeness (QED) is 0.636. The first-order valence-corrected chi connectivity index (χ1v) is 9.04. The highest BCUT2D eigenvalue weighted by Gasteiger charge is 2.11. The maximum atomic E-state index is 11.8. The SMILES string of the molecule is CC.Cc1ccc(N(CCCl)CCCl)cc1NC(=O)CCC(=O)O. The number of carbonyl (C=O) groups excluding carboxylic acids is 1. The number of alkyl halides is 2. The van der Waals surface area contributed by atoms with Crippen molar-refractivity contribution < 1.29 is 14.7 Å². The number of hydrogen-bond donors (Lipinski definition) is 2.